The smallest absolute Gasteiger partial charge is 0.315 e. The first kappa shape index (κ1) is 26.9. The number of carbonyl (C=O) groups excluding carboxylic acids is 2. The van der Waals surface area contributed by atoms with Crippen LogP contribution in [0, 0.1) is 6.92 Å². The summed E-state index contributed by atoms with van der Waals surface area (Å²) in [6.45, 7) is 4.87. The summed E-state index contributed by atoms with van der Waals surface area (Å²) >= 11 is 4.60. The molecule has 188 valence electrons. The second-order valence-electron chi connectivity index (χ2n) is 8.28. The molecular weight excluding hydrogens is 502 g/mol. The van der Waals surface area contributed by atoms with Crippen molar-refractivity contribution >= 4 is 51.9 Å². The van der Waals surface area contributed by atoms with Gasteiger partial charge in [0.1, 0.15) is 6.04 Å². The zero-order valence-corrected chi connectivity index (χ0v) is 22.3. The lowest BCUT2D eigenvalue weighted by Gasteiger charge is -2.28. The van der Waals surface area contributed by atoms with Gasteiger partial charge in [0.2, 0.25) is 5.91 Å². The van der Waals surface area contributed by atoms with Gasteiger partial charge in [0.05, 0.1) is 25.6 Å². The molecule has 0 radical (unpaired) electrons. The summed E-state index contributed by atoms with van der Waals surface area (Å²) in [5.41, 5.74) is 0.929. The van der Waals surface area contributed by atoms with Crippen molar-refractivity contribution in [1.82, 2.24) is 15.5 Å². The van der Waals surface area contributed by atoms with E-state index in [2.05, 4.69) is 10.6 Å². The van der Waals surface area contributed by atoms with E-state index in [-0.39, 0.29) is 12.3 Å². The molecule has 3 N–H and O–H groups in total. The van der Waals surface area contributed by atoms with Crippen molar-refractivity contribution < 1.29 is 19.5 Å². The van der Waals surface area contributed by atoms with Gasteiger partial charge in [0.15, 0.2) is 0 Å². The number of nitrogens with zero attached hydrogens (tertiary/aromatic N) is 1. The minimum Gasteiger partial charge on any atom is -0.481 e. The lowest BCUT2D eigenvalue weighted by Crippen LogP contribution is -2.51. The summed E-state index contributed by atoms with van der Waals surface area (Å²) in [6.07, 6.45) is 1.95. The molecule has 3 amide bonds. The van der Waals surface area contributed by atoms with E-state index < -0.39 is 24.1 Å². The van der Waals surface area contributed by atoms with Crippen molar-refractivity contribution in [3.8, 4) is 0 Å². The third-order valence-electron chi connectivity index (χ3n) is 5.52. The number of carbonyl (C=O) groups is 3. The van der Waals surface area contributed by atoms with Crippen molar-refractivity contribution in [1.29, 1.82) is 0 Å². The number of amides is 3. The number of nitrogens with one attached hydrogen (secondary N) is 2. The second kappa shape index (κ2) is 13.4. The highest BCUT2D eigenvalue weighted by molar-refractivity contribution is 7.10. The molecule has 0 saturated carbocycles. The number of aliphatic carboxylic acids is 1. The van der Waals surface area contributed by atoms with Crippen LogP contribution in [0.4, 0.5) is 4.79 Å². The van der Waals surface area contributed by atoms with E-state index in [4.69, 9.17) is 0 Å². The Balaban J connectivity index is 1.75. The first-order valence-electron chi connectivity index (χ1n) is 11.5. The summed E-state index contributed by atoms with van der Waals surface area (Å²) in [7, 11) is 0. The fourth-order valence-electron chi connectivity index (χ4n) is 3.76. The molecule has 0 aliphatic heterocycles. The second-order valence-corrected chi connectivity index (χ2v) is 11.3. The number of hydrogen-bond donors (Lipinski definition) is 3. The number of urea groups is 1. The maximum absolute atomic E-state index is 13.7. The van der Waals surface area contributed by atoms with Gasteiger partial charge in [-0.15, -0.1) is 34.0 Å². The van der Waals surface area contributed by atoms with Crippen LogP contribution in [-0.4, -0.2) is 34.0 Å². The maximum atomic E-state index is 13.7. The molecule has 0 aliphatic rings. The van der Waals surface area contributed by atoms with Crippen molar-refractivity contribution in [2.75, 3.05) is 0 Å². The number of thiophene rings is 3. The minimum atomic E-state index is -1.00. The predicted octanol–water partition coefficient (Wildman–Crippen LogP) is 5.78. The topological polar surface area (TPSA) is 98.7 Å². The molecule has 0 bridgehead atoms. The first-order valence-corrected chi connectivity index (χ1v) is 14.2. The summed E-state index contributed by atoms with van der Waals surface area (Å²) < 4.78 is 0. The van der Waals surface area contributed by atoms with E-state index in [9.17, 15) is 19.5 Å². The van der Waals surface area contributed by atoms with Gasteiger partial charge < -0.3 is 20.6 Å². The van der Waals surface area contributed by atoms with Gasteiger partial charge in [0.25, 0.3) is 0 Å². The Kier molecular flexibility index (Phi) is 10.3. The molecule has 0 aliphatic carbocycles. The summed E-state index contributed by atoms with van der Waals surface area (Å²) in [4.78, 5) is 42.9. The van der Waals surface area contributed by atoms with Crippen molar-refractivity contribution in [3.63, 3.8) is 0 Å². The molecule has 0 fully saturated rings. The Morgan fingerprint density at radius 2 is 1.63 bits per heavy atom. The van der Waals surface area contributed by atoms with Gasteiger partial charge in [-0.25, -0.2) is 4.79 Å². The zero-order chi connectivity index (χ0) is 25.2. The molecule has 2 atom stereocenters. The number of carboxylic acid groups (broad SMARTS) is 1. The van der Waals surface area contributed by atoms with Crippen LogP contribution in [0.25, 0.3) is 0 Å². The van der Waals surface area contributed by atoms with Crippen molar-refractivity contribution in [2.45, 2.75) is 64.7 Å². The van der Waals surface area contributed by atoms with Gasteiger partial charge in [0, 0.05) is 14.6 Å². The van der Waals surface area contributed by atoms with Crippen molar-refractivity contribution in [3.05, 3.63) is 66.7 Å². The molecule has 3 aromatic heterocycles. The van der Waals surface area contributed by atoms with Crippen LogP contribution >= 0.6 is 34.0 Å². The van der Waals surface area contributed by atoms with Crippen LogP contribution < -0.4 is 10.6 Å². The van der Waals surface area contributed by atoms with Crippen LogP contribution in [-0.2, 0) is 22.7 Å². The van der Waals surface area contributed by atoms with Crippen LogP contribution in [0.2, 0.25) is 0 Å². The largest absolute Gasteiger partial charge is 0.481 e. The average molecular weight is 534 g/mol. The fourth-order valence-corrected chi connectivity index (χ4v) is 6.18. The third kappa shape index (κ3) is 8.19. The SMILES string of the molecule is CCCC[C@H](NC(=O)NC(CC(=O)O)c1sccc1C)C(=O)N(Cc1cccs1)Cc1cccs1. The Morgan fingerprint density at radius 3 is 2.11 bits per heavy atom. The van der Waals surface area contributed by atoms with Crippen LogP contribution in [0.3, 0.4) is 0 Å². The third-order valence-corrected chi connectivity index (χ3v) is 8.37. The lowest BCUT2D eigenvalue weighted by atomic mass is 10.1. The van der Waals surface area contributed by atoms with Crippen LogP contribution in [0.5, 0.6) is 0 Å². The number of carboxylic acids is 1. The van der Waals surface area contributed by atoms with E-state index in [0.717, 1.165) is 33.0 Å². The quantitative estimate of drug-likeness (QED) is 0.259. The van der Waals surface area contributed by atoms with Gasteiger partial charge in [-0.3, -0.25) is 9.59 Å². The summed E-state index contributed by atoms with van der Waals surface area (Å²) in [5.74, 6) is -1.14. The summed E-state index contributed by atoms with van der Waals surface area (Å²) in [5, 5.41) is 20.9. The molecule has 0 aromatic carbocycles. The van der Waals surface area contributed by atoms with E-state index in [1.165, 1.54) is 11.3 Å². The Hall–Kier alpha value is -2.69. The van der Waals surface area contributed by atoms with E-state index in [1.807, 2.05) is 60.3 Å². The maximum Gasteiger partial charge on any atom is 0.315 e. The lowest BCUT2D eigenvalue weighted by molar-refractivity contribution is -0.137. The molecular formula is C25H31N3O4S3. The molecule has 3 heterocycles. The van der Waals surface area contributed by atoms with Gasteiger partial charge >= 0.3 is 12.0 Å². The van der Waals surface area contributed by atoms with Crippen LogP contribution in [0.15, 0.2) is 46.5 Å². The minimum absolute atomic E-state index is 0.141. The molecule has 7 nitrogen and oxygen atoms in total. The first-order chi connectivity index (χ1) is 16.9. The standard InChI is InChI=1S/C25H31N3O4S3/c1-3-4-9-20(26-25(32)27-21(14-22(29)30)23-17(2)10-13-35-23)24(31)28(15-18-7-5-11-33-18)16-19-8-6-12-34-19/h5-8,10-13,20-21H,3-4,9,14-16H2,1-2H3,(H,29,30)(H2,26,27,32)/t20-,21?/m0/s1. The average Bonchev–Trinajstić information content (AvgIpc) is 3.58. The van der Waals surface area contributed by atoms with Gasteiger partial charge in [-0.05, 0) is 53.2 Å². The summed E-state index contributed by atoms with van der Waals surface area (Å²) in [6, 6.07) is 7.92. The number of hydrogen-bond acceptors (Lipinski definition) is 6. The monoisotopic (exact) mass is 533 g/mol. The number of unbranched alkanes of at least 4 members (excludes halogenated alkanes) is 1. The molecule has 35 heavy (non-hydrogen) atoms. The molecule has 3 rings (SSSR count). The molecule has 1 unspecified atom stereocenters. The number of aryl methyl sites for hydroxylation is 1. The van der Waals surface area contributed by atoms with Crippen LogP contribution in [0.1, 0.15) is 58.8 Å². The van der Waals surface area contributed by atoms with Gasteiger partial charge in [-0.1, -0.05) is 31.9 Å². The predicted molar refractivity (Wildman–Crippen MR) is 142 cm³/mol. The Labute approximate surface area is 217 Å². The Bertz CT molecular complexity index is 1040. The molecule has 0 saturated heterocycles. The van der Waals surface area contributed by atoms with E-state index >= 15 is 0 Å². The molecule has 10 heteroatoms. The highest BCUT2D eigenvalue weighted by Gasteiger charge is 2.28. The fraction of sp³-hybridized carbons (Fsp3) is 0.400. The Morgan fingerprint density at radius 1 is 0.971 bits per heavy atom. The van der Waals surface area contributed by atoms with Gasteiger partial charge in [-0.2, -0.15) is 0 Å². The number of rotatable bonds is 13. The zero-order valence-electron chi connectivity index (χ0n) is 19.9. The molecule has 3 aromatic rings. The molecule has 0 spiro atoms. The van der Waals surface area contributed by atoms with Crippen molar-refractivity contribution in [2.24, 2.45) is 0 Å². The highest BCUT2D eigenvalue weighted by atomic mass is 32.1. The highest BCUT2D eigenvalue weighted by Crippen LogP contribution is 2.26. The van der Waals surface area contributed by atoms with E-state index in [1.54, 1.807) is 27.6 Å². The van der Waals surface area contributed by atoms with E-state index in [0.29, 0.717) is 19.5 Å². The normalized spacial score (nSPS) is 12.6.